The topological polar surface area (TPSA) is 46.1 Å². The van der Waals surface area contributed by atoms with E-state index in [1.165, 1.54) is 11.1 Å². The van der Waals surface area contributed by atoms with Crippen molar-refractivity contribution in [1.82, 2.24) is 15.2 Å². The van der Waals surface area contributed by atoms with Gasteiger partial charge in [-0.15, -0.1) is 12.4 Å². The van der Waals surface area contributed by atoms with Crippen molar-refractivity contribution in [3.8, 4) is 0 Å². The molecule has 0 bridgehead atoms. The molecular weight excluding hydrogens is 286 g/mol. The molecule has 4 nitrogen and oxygen atoms in total. The lowest BCUT2D eigenvalue weighted by Gasteiger charge is -2.08. The fourth-order valence-corrected chi connectivity index (χ4v) is 2.57. The third-order valence-corrected chi connectivity index (χ3v) is 3.96. The summed E-state index contributed by atoms with van der Waals surface area (Å²) in [4.78, 5) is 12.1. The largest absolute Gasteiger partial charge is 0.347 e. The standard InChI is InChI=1S/C16H19N3O.ClH/c1-11-3-6-15(19(11)2)16(20)18-8-12-4-5-13-9-17-10-14(13)7-12;/h3-7,17H,8-10H2,1-2H3,(H,18,20);1H. The van der Waals surface area contributed by atoms with Gasteiger partial charge in [-0.3, -0.25) is 4.79 Å². The van der Waals surface area contributed by atoms with E-state index in [4.69, 9.17) is 0 Å². The van der Waals surface area contributed by atoms with Gasteiger partial charge in [-0.25, -0.2) is 0 Å². The number of hydrogen-bond acceptors (Lipinski definition) is 2. The Hall–Kier alpha value is -1.78. The highest BCUT2D eigenvalue weighted by atomic mass is 35.5. The zero-order valence-corrected chi connectivity index (χ0v) is 13.1. The molecule has 3 rings (SSSR count). The van der Waals surface area contributed by atoms with E-state index in [9.17, 15) is 4.79 Å². The van der Waals surface area contributed by atoms with E-state index < -0.39 is 0 Å². The van der Waals surface area contributed by atoms with Gasteiger partial charge in [0.2, 0.25) is 0 Å². The molecule has 1 aromatic carbocycles. The average Bonchev–Trinajstić information content (AvgIpc) is 3.03. The maximum absolute atomic E-state index is 12.1. The fraction of sp³-hybridized carbons (Fsp3) is 0.312. The zero-order chi connectivity index (χ0) is 14.1. The Labute approximate surface area is 131 Å². The Morgan fingerprint density at radius 2 is 2.00 bits per heavy atom. The van der Waals surface area contributed by atoms with E-state index in [0.717, 1.165) is 24.3 Å². The van der Waals surface area contributed by atoms with Crippen LogP contribution in [0.2, 0.25) is 0 Å². The first-order chi connectivity index (χ1) is 9.65. The molecule has 5 heteroatoms. The number of amides is 1. The number of nitrogens with zero attached hydrogens (tertiary/aromatic N) is 1. The number of hydrogen-bond donors (Lipinski definition) is 2. The molecule has 0 saturated carbocycles. The Bertz CT molecular complexity index is 664. The molecule has 2 aromatic rings. The highest BCUT2D eigenvalue weighted by Crippen LogP contribution is 2.17. The number of carbonyl (C=O) groups is 1. The monoisotopic (exact) mass is 305 g/mol. The summed E-state index contributed by atoms with van der Waals surface area (Å²) in [6.45, 7) is 4.43. The minimum Gasteiger partial charge on any atom is -0.347 e. The van der Waals surface area contributed by atoms with Gasteiger partial charge in [-0.1, -0.05) is 18.2 Å². The number of nitrogens with one attached hydrogen (secondary N) is 2. The molecule has 1 amide bonds. The summed E-state index contributed by atoms with van der Waals surface area (Å²) in [5, 5.41) is 6.31. The molecule has 2 N–H and O–H groups in total. The molecule has 112 valence electrons. The molecule has 0 unspecified atom stereocenters. The van der Waals surface area contributed by atoms with Gasteiger partial charge in [-0.05, 0) is 35.7 Å². The summed E-state index contributed by atoms with van der Waals surface area (Å²) in [6, 6.07) is 10.2. The van der Waals surface area contributed by atoms with Gasteiger partial charge in [0.1, 0.15) is 5.69 Å². The molecule has 0 aliphatic carbocycles. The molecule has 1 aliphatic rings. The van der Waals surface area contributed by atoms with E-state index in [-0.39, 0.29) is 18.3 Å². The lowest BCUT2D eigenvalue weighted by atomic mass is 10.1. The van der Waals surface area contributed by atoms with Crippen LogP contribution in [0, 0.1) is 6.92 Å². The number of rotatable bonds is 3. The molecule has 0 radical (unpaired) electrons. The molecule has 21 heavy (non-hydrogen) atoms. The maximum atomic E-state index is 12.1. The van der Waals surface area contributed by atoms with Gasteiger partial charge in [0.05, 0.1) is 0 Å². The van der Waals surface area contributed by atoms with Crippen LogP contribution in [0.25, 0.3) is 0 Å². The Morgan fingerprint density at radius 3 is 2.71 bits per heavy atom. The minimum absolute atomic E-state index is 0. The van der Waals surface area contributed by atoms with Crippen LogP contribution < -0.4 is 10.6 Å². The van der Waals surface area contributed by atoms with Crippen LogP contribution in [-0.4, -0.2) is 10.5 Å². The maximum Gasteiger partial charge on any atom is 0.268 e. The second-order valence-corrected chi connectivity index (χ2v) is 5.31. The minimum atomic E-state index is -0.0285. The van der Waals surface area contributed by atoms with Crippen LogP contribution in [0.15, 0.2) is 30.3 Å². The number of benzene rings is 1. The van der Waals surface area contributed by atoms with Crippen LogP contribution in [-0.2, 0) is 26.7 Å². The van der Waals surface area contributed by atoms with Gasteiger partial charge >= 0.3 is 0 Å². The van der Waals surface area contributed by atoms with Gasteiger partial charge in [0.15, 0.2) is 0 Å². The van der Waals surface area contributed by atoms with Gasteiger partial charge in [0, 0.05) is 32.4 Å². The first-order valence-corrected chi connectivity index (χ1v) is 6.87. The summed E-state index contributed by atoms with van der Waals surface area (Å²) in [5.74, 6) is -0.0285. The number of aryl methyl sites for hydroxylation is 1. The van der Waals surface area contributed by atoms with Crippen LogP contribution in [0.3, 0.4) is 0 Å². The normalized spacial score (nSPS) is 12.7. The third-order valence-electron chi connectivity index (χ3n) is 3.96. The number of carbonyl (C=O) groups excluding carboxylic acids is 1. The SMILES string of the molecule is Cc1ccc(C(=O)NCc2ccc3c(c2)CNC3)n1C.Cl. The van der Waals surface area contributed by atoms with Crippen molar-refractivity contribution in [2.24, 2.45) is 7.05 Å². The molecule has 0 atom stereocenters. The highest BCUT2D eigenvalue weighted by Gasteiger charge is 2.12. The smallest absolute Gasteiger partial charge is 0.268 e. The second kappa shape index (κ2) is 6.33. The Balaban J connectivity index is 0.00000161. The number of halogens is 1. The lowest BCUT2D eigenvalue weighted by molar-refractivity contribution is 0.0942. The summed E-state index contributed by atoms with van der Waals surface area (Å²) in [6.07, 6.45) is 0. The predicted octanol–water partition coefficient (Wildman–Crippen LogP) is 2.29. The van der Waals surface area contributed by atoms with Crippen molar-refractivity contribution < 1.29 is 4.79 Å². The third kappa shape index (κ3) is 3.12. The molecule has 2 heterocycles. The van der Waals surface area contributed by atoms with Crippen LogP contribution in [0.1, 0.15) is 32.9 Å². The van der Waals surface area contributed by atoms with Crippen molar-refractivity contribution >= 4 is 18.3 Å². The Kier molecular flexibility index (Phi) is 4.70. The van der Waals surface area contributed by atoms with Crippen LogP contribution in [0.4, 0.5) is 0 Å². The zero-order valence-electron chi connectivity index (χ0n) is 12.3. The van der Waals surface area contributed by atoms with Gasteiger partial charge in [0.25, 0.3) is 5.91 Å². The quantitative estimate of drug-likeness (QED) is 0.914. The summed E-state index contributed by atoms with van der Waals surface area (Å²) < 4.78 is 1.90. The summed E-state index contributed by atoms with van der Waals surface area (Å²) in [7, 11) is 1.91. The summed E-state index contributed by atoms with van der Waals surface area (Å²) in [5.41, 5.74) is 5.63. The van der Waals surface area contributed by atoms with E-state index in [0.29, 0.717) is 12.2 Å². The van der Waals surface area contributed by atoms with E-state index >= 15 is 0 Å². The van der Waals surface area contributed by atoms with Gasteiger partial charge < -0.3 is 15.2 Å². The summed E-state index contributed by atoms with van der Waals surface area (Å²) >= 11 is 0. The van der Waals surface area contributed by atoms with Crippen molar-refractivity contribution in [3.05, 3.63) is 58.4 Å². The second-order valence-electron chi connectivity index (χ2n) is 5.31. The fourth-order valence-electron chi connectivity index (χ4n) is 2.57. The van der Waals surface area contributed by atoms with Crippen molar-refractivity contribution in [2.45, 2.75) is 26.6 Å². The Morgan fingerprint density at radius 1 is 1.24 bits per heavy atom. The lowest BCUT2D eigenvalue weighted by Crippen LogP contribution is -2.25. The average molecular weight is 306 g/mol. The highest BCUT2D eigenvalue weighted by molar-refractivity contribution is 5.92. The van der Waals surface area contributed by atoms with Crippen molar-refractivity contribution in [2.75, 3.05) is 0 Å². The van der Waals surface area contributed by atoms with E-state index in [1.54, 1.807) is 0 Å². The molecule has 0 saturated heterocycles. The number of aromatic nitrogens is 1. The predicted molar refractivity (Wildman–Crippen MR) is 85.6 cm³/mol. The van der Waals surface area contributed by atoms with Crippen LogP contribution in [0.5, 0.6) is 0 Å². The molecule has 1 aromatic heterocycles. The first kappa shape index (κ1) is 15.6. The van der Waals surface area contributed by atoms with Crippen molar-refractivity contribution in [1.29, 1.82) is 0 Å². The molecule has 0 fully saturated rings. The van der Waals surface area contributed by atoms with E-state index in [1.807, 2.05) is 30.7 Å². The number of fused-ring (bicyclic) bond motifs is 1. The molecule has 1 aliphatic heterocycles. The van der Waals surface area contributed by atoms with Crippen LogP contribution >= 0.6 is 12.4 Å². The molecular formula is C16H20ClN3O. The van der Waals surface area contributed by atoms with Gasteiger partial charge in [-0.2, -0.15) is 0 Å². The first-order valence-electron chi connectivity index (χ1n) is 6.87. The molecule has 0 spiro atoms. The van der Waals surface area contributed by atoms with Crippen molar-refractivity contribution in [3.63, 3.8) is 0 Å². The van der Waals surface area contributed by atoms with E-state index in [2.05, 4.69) is 28.8 Å².